The van der Waals surface area contributed by atoms with Crippen LogP contribution in [0.3, 0.4) is 0 Å². The van der Waals surface area contributed by atoms with E-state index in [-0.39, 0.29) is 11.7 Å². The molecule has 0 aliphatic rings. The fourth-order valence-electron chi connectivity index (χ4n) is 1.60. The van der Waals surface area contributed by atoms with E-state index in [2.05, 4.69) is 0 Å². The highest BCUT2D eigenvalue weighted by Gasteiger charge is 2.27. The average molecular weight is 244 g/mol. The zero-order valence-corrected chi connectivity index (χ0v) is 10.4. The second-order valence-electron chi connectivity index (χ2n) is 4.42. The lowest BCUT2D eigenvalue weighted by atomic mass is 9.95. The van der Waals surface area contributed by atoms with Crippen molar-refractivity contribution in [3.05, 3.63) is 35.6 Å². The van der Waals surface area contributed by atoms with E-state index >= 15 is 0 Å². The van der Waals surface area contributed by atoms with E-state index in [0.717, 1.165) is 5.56 Å². The molecule has 0 heterocycles. The van der Waals surface area contributed by atoms with Gasteiger partial charge in [-0.15, -0.1) is 0 Å². The Morgan fingerprint density at radius 1 is 1.38 bits per heavy atom. The first-order chi connectivity index (χ1) is 7.33. The van der Waals surface area contributed by atoms with Gasteiger partial charge in [0.15, 0.2) is 0 Å². The maximum absolute atomic E-state index is 12.7. The minimum Gasteiger partial charge on any atom is -0.274 e. The van der Waals surface area contributed by atoms with E-state index in [9.17, 15) is 9.18 Å². The summed E-state index contributed by atoms with van der Waals surface area (Å²) in [6, 6.07) is 6.19. The number of carbonyl (C=O) groups excluding carboxylic acids is 1. The Balaban J connectivity index is 2.79. The monoisotopic (exact) mass is 243 g/mol. The number of amides is 1. The molecule has 0 aromatic heterocycles. The van der Waals surface area contributed by atoms with Crippen LogP contribution in [0.25, 0.3) is 0 Å². The molecule has 0 radical (unpaired) electrons. The summed E-state index contributed by atoms with van der Waals surface area (Å²) in [5.41, 5.74) is 0.448. The normalized spacial score (nSPS) is 11.3. The SMILES string of the molecule is CC(=O)N(Cl)C(C)(C)Cc1ccc(F)cc1. The van der Waals surface area contributed by atoms with Crippen molar-refractivity contribution in [1.29, 1.82) is 0 Å². The number of rotatable bonds is 3. The number of nitrogens with zero attached hydrogens (tertiary/aromatic N) is 1. The van der Waals surface area contributed by atoms with Crippen molar-refractivity contribution in [3.8, 4) is 0 Å². The van der Waals surface area contributed by atoms with Crippen molar-refractivity contribution in [1.82, 2.24) is 4.42 Å². The van der Waals surface area contributed by atoms with E-state index < -0.39 is 5.54 Å². The maximum atomic E-state index is 12.7. The third kappa shape index (κ3) is 3.20. The molecule has 88 valence electrons. The highest BCUT2D eigenvalue weighted by atomic mass is 35.5. The van der Waals surface area contributed by atoms with Gasteiger partial charge < -0.3 is 0 Å². The van der Waals surface area contributed by atoms with Gasteiger partial charge in [0, 0.05) is 18.7 Å². The number of carbonyl (C=O) groups is 1. The Hall–Kier alpha value is -1.09. The molecule has 0 N–H and O–H groups in total. The summed E-state index contributed by atoms with van der Waals surface area (Å²) >= 11 is 5.90. The third-order valence-corrected chi connectivity index (χ3v) is 3.05. The molecule has 2 nitrogen and oxygen atoms in total. The molecule has 1 aromatic rings. The second-order valence-corrected chi connectivity index (χ2v) is 4.75. The minimum absolute atomic E-state index is 0.200. The highest BCUT2D eigenvalue weighted by molar-refractivity contribution is 6.21. The number of hydrogen-bond donors (Lipinski definition) is 0. The Kier molecular flexibility index (Phi) is 3.92. The molecule has 1 amide bonds. The molecule has 16 heavy (non-hydrogen) atoms. The van der Waals surface area contributed by atoms with Crippen molar-refractivity contribution < 1.29 is 9.18 Å². The van der Waals surface area contributed by atoms with Crippen molar-refractivity contribution in [2.45, 2.75) is 32.7 Å². The third-order valence-electron chi connectivity index (χ3n) is 2.36. The average Bonchev–Trinajstić information content (AvgIpc) is 2.20. The molecule has 0 aliphatic heterocycles. The summed E-state index contributed by atoms with van der Waals surface area (Å²) in [6.45, 7) is 5.15. The van der Waals surface area contributed by atoms with Gasteiger partial charge in [-0.05, 0) is 38.0 Å². The molecule has 0 aliphatic carbocycles. The van der Waals surface area contributed by atoms with Crippen LogP contribution in [0.15, 0.2) is 24.3 Å². The van der Waals surface area contributed by atoms with Crippen LogP contribution in [0, 0.1) is 5.82 Å². The Bertz CT molecular complexity index is 375. The van der Waals surface area contributed by atoms with Crippen LogP contribution in [-0.2, 0) is 11.2 Å². The Morgan fingerprint density at radius 2 is 1.88 bits per heavy atom. The van der Waals surface area contributed by atoms with Crippen LogP contribution >= 0.6 is 11.8 Å². The van der Waals surface area contributed by atoms with E-state index in [1.54, 1.807) is 12.1 Å². The first kappa shape index (κ1) is 13.0. The molecule has 0 unspecified atom stereocenters. The predicted octanol–water partition coefficient (Wildman–Crippen LogP) is 3.15. The molecule has 0 atom stereocenters. The summed E-state index contributed by atoms with van der Waals surface area (Å²) < 4.78 is 13.9. The van der Waals surface area contributed by atoms with Crippen molar-refractivity contribution >= 4 is 17.7 Å². The van der Waals surface area contributed by atoms with E-state index in [1.165, 1.54) is 23.5 Å². The van der Waals surface area contributed by atoms with Gasteiger partial charge in [0.25, 0.3) is 0 Å². The molecule has 1 rings (SSSR count). The van der Waals surface area contributed by atoms with Crippen molar-refractivity contribution in [2.75, 3.05) is 0 Å². The van der Waals surface area contributed by atoms with Crippen LogP contribution in [-0.4, -0.2) is 15.9 Å². The minimum atomic E-state index is -0.495. The van der Waals surface area contributed by atoms with Gasteiger partial charge in [-0.2, -0.15) is 0 Å². The molecular formula is C12H15ClFNO. The molecular weight excluding hydrogens is 229 g/mol. The first-order valence-corrected chi connectivity index (χ1v) is 5.38. The summed E-state index contributed by atoms with van der Waals surface area (Å²) in [7, 11) is 0. The lowest BCUT2D eigenvalue weighted by Gasteiger charge is -2.32. The summed E-state index contributed by atoms with van der Waals surface area (Å²) in [5, 5.41) is 0. The summed E-state index contributed by atoms with van der Waals surface area (Å²) in [6.07, 6.45) is 0.580. The van der Waals surface area contributed by atoms with Crippen LogP contribution in [0.1, 0.15) is 26.3 Å². The van der Waals surface area contributed by atoms with Crippen LogP contribution in [0.5, 0.6) is 0 Å². The lowest BCUT2D eigenvalue weighted by Crippen LogP contribution is -2.42. The largest absolute Gasteiger partial charge is 0.274 e. The lowest BCUT2D eigenvalue weighted by molar-refractivity contribution is -0.127. The highest BCUT2D eigenvalue weighted by Crippen LogP contribution is 2.22. The smallest absolute Gasteiger partial charge is 0.234 e. The standard InChI is InChI=1S/C12H15ClFNO/c1-9(16)15(13)12(2,3)8-10-4-6-11(14)7-5-10/h4-7H,8H2,1-3H3. The van der Waals surface area contributed by atoms with Gasteiger partial charge >= 0.3 is 0 Å². The van der Waals surface area contributed by atoms with Gasteiger partial charge in [0.05, 0.1) is 5.54 Å². The molecule has 0 saturated carbocycles. The fraction of sp³-hybridized carbons (Fsp3) is 0.417. The fourth-order valence-corrected chi connectivity index (χ4v) is 1.66. The number of hydrogen-bond acceptors (Lipinski definition) is 1. The summed E-state index contributed by atoms with van der Waals surface area (Å²) in [5.74, 6) is -0.468. The van der Waals surface area contributed by atoms with Gasteiger partial charge in [-0.25, -0.2) is 8.81 Å². The van der Waals surface area contributed by atoms with Crippen LogP contribution in [0.2, 0.25) is 0 Å². The first-order valence-electron chi connectivity index (χ1n) is 5.04. The molecule has 0 spiro atoms. The summed E-state index contributed by atoms with van der Waals surface area (Å²) in [4.78, 5) is 11.2. The van der Waals surface area contributed by atoms with E-state index in [4.69, 9.17) is 11.8 Å². The number of halogens is 2. The van der Waals surface area contributed by atoms with E-state index in [1.807, 2.05) is 13.8 Å². The van der Waals surface area contributed by atoms with Crippen molar-refractivity contribution in [2.24, 2.45) is 0 Å². The predicted molar refractivity (Wildman–Crippen MR) is 62.6 cm³/mol. The van der Waals surface area contributed by atoms with Crippen LogP contribution < -0.4 is 0 Å². The zero-order chi connectivity index (χ0) is 12.3. The second kappa shape index (κ2) is 4.83. The molecule has 0 bridgehead atoms. The van der Waals surface area contributed by atoms with E-state index in [0.29, 0.717) is 6.42 Å². The molecule has 4 heteroatoms. The zero-order valence-electron chi connectivity index (χ0n) is 9.63. The van der Waals surface area contributed by atoms with Gasteiger partial charge in [0.2, 0.25) is 5.91 Å². The topological polar surface area (TPSA) is 20.3 Å². The van der Waals surface area contributed by atoms with Gasteiger partial charge in [0.1, 0.15) is 5.82 Å². The number of benzene rings is 1. The molecule has 1 aromatic carbocycles. The van der Waals surface area contributed by atoms with Crippen LogP contribution in [0.4, 0.5) is 4.39 Å². The maximum Gasteiger partial charge on any atom is 0.234 e. The van der Waals surface area contributed by atoms with Gasteiger partial charge in [-0.3, -0.25) is 4.79 Å². The van der Waals surface area contributed by atoms with Crippen molar-refractivity contribution in [3.63, 3.8) is 0 Å². The Morgan fingerprint density at radius 3 is 2.31 bits per heavy atom. The molecule has 0 saturated heterocycles. The Labute approximate surface area is 100 Å². The quantitative estimate of drug-likeness (QED) is 0.747. The van der Waals surface area contributed by atoms with Gasteiger partial charge in [-0.1, -0.05) is 12.1 Å². The molecule has 0 fully saturated rings.